The van der Waals surface area contributed by atoms with Gasteiger partial charge in [-0.05, 0) is 31.9 Å². The summed E-state index contributed by atoms with van der Waals surface area (Å²) in [5.41, 5.74) is 0.780. The van der Waals surface area contributed by atoms with Gasteiger partial charge in [0.1, 0.15) is 34.4 Å². The predicted octanol–water partition coefficient (Wildman–Crippen LogP) is 5.39. The van der Waals surface area contributed by atoms with Crippen molar-refractivity contribution in [2.24, 2.45) is 11.8 Å². The Kier molecular flexibility index (Phi) is 6.00. The van der Waals surface area contributed by atoms with Crippen molar-refractivity contribution < 1.29 is 27.8 Å². The third kappa shape index (κ3) is 4.18. The van der Waals surface area contributed by atoms with Crippen LogP contribution in [-0.2, 0) is 15.4 Å². The van der Waals surface area contributed by atoms with Gasteiger partial charge in [0, 0.05) is 47.0 Å². The van der Waals surface area contributed by atoms with E-state index in [0.717, 1.165) is 12.8 Å². The van der Waals surface area contributed by atoms with E-state index in [1.165, 1.54) is 29.8 Å². The first kappa shape index (κ1) is 23.8. The zero-order chi connectivity index (χ0) is 25.0. The fourth-order valence-electron chi connectivity index (χ4n) is 4.96. The first-order valence-electron chi connectivity index (χ1n) is 11.8. The highest BCUT2D eigenvalue weighted by Gasteiger charge is 2.47. The molecule has 6 rings (SSSR count). The number of thiophene rings is 1. The number of carbonyl (C=O) groups is 1. The normalized spacial score (nSPS) is 24.6. The molecular weight excluding hydrogens is 512 g/mol. The van der Waals surface area contributed by atoms with Gasteiger partial charge in [0.05, 0.1) is 24.6 Å². The van der Waals surface area contributed by atoms with Crippen LogP contribution < -0.4 is 4.74 Å². The van der Waals surface area contributed by atoms with Crippen LogP contribution in [0, 0.1) is 23.5 Å². The van der Waals surface area contributed by atoms with E-state index >= 15 is 4.39 Å². The molecular formula is C25H24ClF2N3O4S. The number of benzene rings is 1. The number of carbonyl (C=O) groups excluding carboxylic acids is 1. The zero-order valence-electron chi connectivity index (χ0n) is 19.5. The van der Waals surface area contributed by atoms with Crippen LogP contribution in [0.1, 0.15) is 25.3 Å². The molecule has 1 aromatic carbocycles. The molecule has 7 nitrogen and oxygen atoms in total. The Morgan fingerprint density at radius 1 is 1.22 bits per heavy atom. The highest BCUT2D eigenvalue weighted by Crippen LogP contribution is 2.42. The highest BCUT2D eigenvalue weighted by atomic mass is 35.5. The number of aromatic nitrogens is 2. The van der Waals surface area contributed by atoms with Crippen molar-refractivity contribution in [3.05, 3.63) is 41.0 Å². The van der Waals surface area contributed by atoms with Gasteiger partial charge in [-0.15, -0.1) is 22.9 Å². The van der Waals surface area contributed by atoms with Gasteiger partial charge in [0.25, 0.3) is 0 Å². The number of hydrogen-bond acceptors (Lipinski definition) is 7. The Bertz CT molecular complexity index is 1320. The van der Waals surface area contributed by atoms with Crippen LogP contribution in [0.15, 0.2) is 23.8 Å². The molecule has 4 heterocycles. The van der Waals surface area contributed by atoms with Crippen LogP contribution in [0.3, 0.4) is 0 Å². The zero-order valence-corrected chi connectivity index (χ0v) is 21.1. The van der Waals surface area contributed by atoms with Gasteiger partial charge in [0.2, 0.25) is 5.88 Å². The van der Waals surface area contributed by atoms with Crippen LogP contribution in [0.5, 0.6) is 5.88 Å². The van der Waals surface area contributed by atoms with Gasteiger partial charge < -0.3 is 19.1 Å². The fourth-order valence-corrected chi connectivity index (χ4v) is 6.15. The van der Waals surface area contributed by atoms with E-state index < -0.39 is 11.6 Å². The maximum absolute atomic E-state index is 15.0. The standard InChI is InChI=1S/C25H24ClF2N3O4S/c1-25(4-5-25)35-24(32)31-7-13-9-33-10-14(8-31)21(13)34-23-22-20(29-12-30-23)17(11-36-22)15-2-3-18(27)16(6-26)19(15)28/h2-3,11-14,21H,4-10H2,1H3. The molecule has 2 aliphatic heterocycles. The molecule has 3 aromatic rings. The second-order valence-corrected chi connectivity index (χ2v) is 11.0. The van der Waals surface area contributed by atoms with E-state index in [-0.39, 0.29) is 46.6 Å². The highest BCUT2D eigenvalue weighted by molar-refractivity contribution is 7.18. The van der Waals surface area contributed by atoms with E-state index in [4.69, 9.17) is 25.8 Å². The summed E-state index contributed by atoms with van der Waals surface area (Å²) in [6.07, 6.45) is 2.70. The van der Waals surface area contributed by atoms with Crippen LogP contribution >= 0.6 is 22.9 Å². The van der Waals surface area contributed by atoms with Crippen molar-refractivity contribution in [2.75, 3.05) is 26.3 Å². The van der Waals surface area contributed by atoms with Gasteiger partial charge in [0.15, 0.2) is 0 Å². The number of ether oxygens (including phenoxy) is 3. The molecule has 2 bridgehead atoms. The number of fused-ring (bicyclic) bond motifs is 3. The topological polar surface area (TPSA) is 73.8 Å². The molecule has 0 N–H and O–H groups in total. The Balaban J connectivity index is 1.26. The molecule has 3 fully saturated rings. The largest absolute Gasteiger partial charge is 0.472 e. The number of rotatable bonds is 5. The summed E-state index contributed by atoms with van der Waals surface area (Å²) in [4.78, 5) is 23.2. The number of amides is 1. The Labute approximate surface area is 215 Å². The van der Waals surface area contributed by atoms with Crippen molar-refractivity contribution in [1.82, 2.24) is 14.9 Å². The number of nitrogens with zero attached hydrogens (tertiary/aromatic N) is 3. The number of halogens is 3. The predicted molar refractivity (Wildman–Crippen MR) is 130 cm³/mol. The van der Waals surface area contributed by atoms with Gasteiger partial charge in [-0.25, -0.2) is 23.5 Å². The Morgan fingerprint density at radius 3 is 2.67 bits per heavy atom. The smallest absolute Gasteiger partial charge is 0.410 e. The van der Waals surface area contributed by atoms with E-state index in [9.17, 15) is 9.18 Å². The number of piperidine rings is 1. The van der Waals surface area contributed by atoms with Gasteiger partial charge in [-0.1, -0.05) is 0 Å². The summed E-state index contributed by atoms with van der Waals surface area (Å²) in [5.74, 6) is -1.33. The fraction of sp³-hybridized carbons (Fsp3) is 0.480. The molecule has 3 aliphatic rings. The lowest BCUT2D eigenvalue weighted by Gasteiger charge is -2.46. The molecule has 11 heteroatoms. The third-order valence-corrected chi connectivity index (χ3v) is 8.45. The van der Waals surface area contributed by atoms with Crippen molar-refractivity contribution in [1.29, 1.82) is 0 Å². The molecule has 2 unspecified atom stereocenters. The average Bonchev–Trinajstić information content (AvgIpc) is 3.41. The molecule has 1 aliphatic carbocycles. The van der Waals surface area contributed by atoms with Gasteiger partial charge >= 0.3 is 6.09 Å². The van der Waals surface area contributed by atoms with Crippen molar-refractivity contribution in [3.8, 4) is 17.0 Å². The van der Waals surface area contributed by atoms with E-state index in [2.05, 4.69) is 9.97 Å². The molecule has 0 spiro atoms. The maximum atomic E-state index is 15.0. The second-order valence-electron chi connectivity index (χ2n) is 9.89. The maximum Gasteiger partial charge on any atom is 0.410 e. The molecule has 1 saturated carbocycles. The van der Waals surface area contributed by atoms with Crippen LogP contribution in [0.2, 0.25) is 0 Å². The SMILES string of the molecule is CC1(OC(=O)N2CC3COCC(C2)C3Oc2ncnc3c(-c4ccc(F)c(CCl)c4F)csc23)CC1. The molecule has 2 saturated heterocycles. The molecule has 2 atom stereocenters. The summed E-state index contributed by atoms with van der Waals surface area (Å²) in [6.45, 7) is 3.83. The number of hydrogen-bond donors (Lipinski definition) is 0. The quantitative estimate of drug-likeness (QED) is 0.408. The minimum Gasteiger partial charge on any atom is -0.472 e. The Morgan fingerprint density at radius 2 is 1.97 bits per heavy atom. The lowest BCUT2D eigenvalue weighted by atomic mass is 9.84. The molecule has 1 amide bonds. The first-order valence-corrected chi connectivity index (χ1v) is 13.3. The number of alkyl halides is 1. The van der Waals surface area contributed by atoms with Crippen molar-refractivity contribution in [3.63, 3.8) is 0 Å². The van der Waals surface area contributed by atoms with Gasteiger partial charge in [-0.2, -0.15) is 0 Å². The number of likely N-dealkylation sites (tertiary alicyclic amines) is 1. The summed E-state index contributed by atoms with van der Waals surface area (Å²) < 4.78 is 47.5. The van der Waals surface area contributed by atoms with Crippen LogP contribution in [-0.4, -0.2) is 59.0 Å². The second kappa shape index (κ2) is 9.08. The average molecular weight is 536 g/mol. The summed E-state index contributed by atoms with van der Waals surface area (Å²) in [5, 5.41) is 1.77. The van der Waals surface area contributed by atoms with E-state index in [1.54, 1.807) is 10.3 Å². The molecule has 0 radical (unpaired) electrons. The molecule has 190 valence electrons. The minimum absolute atomic E-state index is 0.0395. The lowest BCUT2D eigenvalue weighted by molar-refractivity contribution is -0.111. The van der Waals surface area contributed by atoms with Crippen LogP contribution in [0.25, 0.3) is 21.3 Å². The lowest BCUT2D eigenvalue weighted by Crippen LogP contribution is -2.59. The minimum atomic E-state index is -0.697. The first-order chi connectivity index (χ1) is 17.4. The summed E-state index contributed by atoms with van der Waals surface area (Å²) in [7, 11) is 0. The van der Waals surface area contributed by atoms with Gasteiger partial charge in [-0.3, -0.25) is 0 Å². The van der Waals surface area contributed by atoms with Crippen molar-refractivity contribution in [2.45, 2.75) is 37.4 Å². The van der Waals surface area contributed by atoms with E-state index in [0.29, 0.717) is 48.0 Å². The summed E-state index contributed by atoms with van der Waals surface area (Å²) >= 11 is 7.11. The van der Waals surface area contributed by atoms with Crippen molar-refractivity contribution >= 4 is 39.2 Å². The third-order valence-electron chi connectivity index (χ3n) is 7.23. The summed E-state index contributed by atoms with van der Waals surface area (Å²) in [6, 6.07) is 2.60. The molecule has 36 heavy (non-hydrogen) atoms. The monoisotopic (exact) mass is 535 g/mol. The Hall–Kier alpha value is -2.56. The molecule has 2 aromatic heterocycles. The van der Waals surface area contributed by atoms with E-state index in [1.807, 2.05) is 6.92 Å². The van der Waals surface area contributed by atoms with Crippen LogP contribution in [0.4, 0.5) is 13.6 Å².